The van der Waals surface area contributed by atoms with E-state index in [1.807, 2.05) is 12.3 Å². The van der Waals surface area contributed by atoms with Crippen LogP contribution >= 0.6 is 0 Å². The maximum absolute atomic E-state index is 5.83. The van der Waals surface area contributed by atoms with E-state index >= 15 is 0 Å². The molecule has 0 spiro atoms. The highest BCUT2D eigenvalue weighted by Gasteiger charge is 2.48. The van der Waals surface area contributed by atoms with Gasteiger partial charge in [0.15, 0.2) is 0 Å². The minimum absolute atomic E-state index is 0.0144. The van der Waals surface area contributed by atoms with Crippen LogP contribution in [0, 0.1) is 0 Å². The Morgan fingerprint density at radius 1 is 1.18 bits per heavy atom. The van der Waals surface area contributed by atoms with E-state index in [1.54, 1.807) is 7.11 Å². The van der Waals surface area contributed by atoms with Crippen LogP contribution in [0.4, 0.5) is 5.95 Å². The fourth-order valence-electron chi connectivity index (χ4n) is 3.85. The molecule has 2 aliphatic heterocycles. The molecule has 1 saturated carbocycles. The van der Waals surface area contributed by atoms with Crippen molar-refractivity contribution in [1.29, 1.82) is 0 Å². The van der Waals surface area contributed by atoms with Gasteiger partial charge in [0.05, 0.1) is 19.3 Å². The predicted molar refractivity (Wildman–Crippen MR) is 80.9 cm³/mol. The van der Waals surface area contributed by atoms with Crippen molar-refractivity contribution in [1.82, 2.24) is 9.97 Å². The molecule has 0 bridgehead atoms. The third-order valence-electron chi connectivity index (χ3n) is 5.08. The maximum atomic E-state index is 5.83. The van der Waals surface area contributed by atoms with Gasteiger partial charge in [0.1, 0.15) is 18.3 Å². The van der Waals surface area contributed by atoms with Gasteiger partial charge < -0.3 is 19.5 Å². The molecule has 0 unspecified atom stereocenters. The molecule has 6 nitrogen and oxygen atoms in total. The highest BCUT2D eigenvalue weighted by Crippen LogP contribution is 2.33. The lowest BCUT2D eigenvalue weighted by Gasteiger charge is -2.18. The zero-order valence-corrected chi connectivity index (χ0v) is 12.9. The summed E-state index contributed by atoms with van der Waals surface area (Å²) in [5, 5.41) is 3.39. The van der Waals surface area contributed by atoms with Gasteiger partial charge in [-0.15, -0.1) is 0 Å². The van der Waals surface area contributed by atoms with Gasteiger partial charge in [-0.3, -0.25) is 0 Å². The minimum atomic E-state index is 0.0144. The molecule has 4 rings (SSSR count). The Balaban J connectivity index is 1.44. The normalized spacial score (nSPS) is 35.0. The molecule has 1 aromatic heterocycles. The first kappa shape index (κ1) is 14.4. The van der Waals surface area contributed by atoms with E-state index in [1.165, 1.54) is 25.7 Å². The number of hydrogen-bond donors (Lipinski definition) is 1. The van der Waals surface area contributed by atoms with Crippen molar-refractivity contribution >= 4 is 5.95 Å². The van der Waals surface area contributed by atoms with E-state index < -0.39 is 0 Å². The van der Waals surface area contributed by atoms with Crippen LogP contribution in [0.1, 0.15) is 37.3 Å². The quantitative estimate of drug-likeness (QED) is 0.914. The SMILES string of the molecule is CO[C@@H]1CO[C@H]2[C@@H]1OC[C@@H]2Nc1nccc(C2CCCC2)n1. The Bertz CT molecular complexity index is 521. The zero-order chi connectivity index (χ0) is 14.9. The molecule has 120 valence electrons. The van der Waals surface area contributed by atoms with E-state index in [2.05, 4.69) is 10.3 Å². The Kier molecular flexibility index (Phi) is 3.98. The second-order valence-corrected chi connectivity index (χ2v) is 6.41. The fraction of sp³-hybridized carbons (Fsp3) is 0.750. The van der Waals surface area contributed by atoms with E-state index in [-0.39, 0.29) is 24.4 Å². The number of ether oxygens (including phenoxy) is 3. The Labute approximate surface area is 130 Å². The van der Waals surface area contributed by atoms with Crippen LogP contribution < -0.4 is 5.32 Å². The number of anilines is 1. The first-order valence-electron chi connectivity index (χ1n) is 8.20. The van der Waals surface area contributed by atoms with Crippen molar-refractivity contribution in [2.24, 2.45) is 0 Å². The van der Waals surface area contributed by atoms with Crippen molar-refractivity contribution in [2.75, 3.05) is 25.6 Å². The number of rotatable bonds is 4. The van der Waals surface area contributed by atoms with Crippen LogP contribution in [0.25, 0.3) is 0 Å². The Morgan fingerprint density at radius 3 is 2.82 bits per heavy atom. The summed E-state index contributed by atoms with van der Waals surface area (Å²) in [5.41, 5.74) is 1.16. The highest BCUT2D eigenvalue weighted by molar-refractivity contribution is 5.30. The average molecular weight is 305 g/mol. The summed E-state index contributed by atoms with van der Waals surface area (Å²) < 4.78 is 17.1. The summed E-state index contributed by atoms with van der Waals surface area (Å²) in [6.07, 6.45) is 7.02. The van der Waals surface area contributed by atoms with Crippen LogP contribution in [-0.2, 0) is 14.2 Å². The summed E-state index contributed by atoms with van der Waals surface area (Å²) in [5.74, 6) is 1.28. The lowest BCUT2D eigenvalue weighted by Crippen LogP contribution is -2.36. The third kappa shape index (κ3) is 2.59. The predicted octanol–water partition coefficient (Wildman–Crippen LogP) is 1.73. The van der Waals surface area contributed by atoms with Gasteiger partial charge in [-0.05, 0) is 18.9 Å². The summed E-state index contributed by atoms with van der Waals surface area (Å²) in [6.45, 7) is 1.19. The molecular weight excluding hydrogens is 282 g/mol. The van der Waals surface area contributed by atoms with E-state index in [0.29, 0.717) is 25.1 Å². The summed E-state index contributed by atoms with van der Waals surface area (Å²) in [6, 6.07) is 2.13. The minimum Gasteiger partial charge on any atom is -0.376 e. The van der Waals surface area contributed by atoms with Crippen molar-refractivity contribution in [3.8, 4) is 0 Å². The van der Waals surface area contributed by atoms with Crippen molar-refractivity contribution in [2.45, 2.75) is 56.0 Å². The van der Waals surface area contributed by atoms with Gasteiger partial charge in [-0.25, -0.2) is 9.97 Å². The van der Waals surface area contributed by atoms with E-state index in [9.17, 15) is 0 Å². The standard InChI is InChI=1S/C16H23N3O3/c1-20-13-9-22-14-12(8-21-15(13)14)19-16-17-7-6-11(18-16)10-4-2-3-5-10/h6-7,10,12-15H,2-5,8-9H2,1H3,(H,17,18,19)/t12-,13+,14+,15+/m0/s1. The molecule has 3 heterocycles. The summed E-state index contributed by atoms with van der Waals surface area (Å²) in [7, 11) is 1.70. The molecule has 0 aromatic carbocycles. The molecular formula is C16H23N3O3. The summed E-state index contributed by atoms with van der Waals surface area (Å²) >= 11 is 0. The first-order chi connectivity index (χ1) is 10.8. The third-order valence-corrected chi connectivity index (χ3v) is 5.08. The van der Waals surface area contributed by atoms with Crippen LogP contribution in [-0.4, -0.2) is 54.6 Å². The second-order valence-electron chi connectivity index (χ2n) is 6.41. The van der Waals surface area contributed by atoms with Crippen LogP contribution in [0.3, 0.4) is 0 Å². The van der Waals surface area contributed by atoms with Crippen molar-refractivity contribution in [3.05, 3.63) is 18.0 Å². The number of fused-ring (bicyclic) bond motifs is 1. The van der Waals surface area contributed by atoms with Gasteiger partial charge in [-0.1, -0.05) is 12.8 Å². The van der Waals surface area contributed by atoms with Gasteiger partial charge in [-0.2, -0.15) is 0 Å². The largest absolute Gasteiger partial charge is 0.376 e. The molecule has 0 radical (unpaired) electrons. The number of hydrogen-bond acceptors (Lipinski definition) is 6. The second kappa shape index (κ2) is 6.10. The molecule has 22 heavy (non-hydrogen) atoms. The lowest BCUT2D eigenvalue weighted by atomic mass is 10.0. The van der Waals surface area contributed by atoms with Crippen LogP contribution in [0.2, 0.25) is 0 Å². The van der Waals surface area contributed by atoms with E-state index in [4.69, 9.17) is 19.2 Å². The Morgan fingerprint density at radius 2 is 2.00 bits per heavy atom. The number of nitrogens with one attached hydrogen (secondary N) is 1. The van der Waals surface area contributed by atoms with Gasteiger partial charge in [0.25, 0.3) is 0 Å². The molecule has 1 aromatic rings. The molecule has 3 aliphatic rings. The topological polar surface area (TPSA) is 65.5 Å². The monoisotopic (exact) mass is 305 g/mol. The molecule has 1 aliphatic carbocycles. The lowest BCUT2D eigenvalue weighted by molar-refractivity contribution is -0.00757. The number of methoxy groups -OCH3 is 1. The number of nitrogens with zero attached hydrogens (tertiary/aromatic N) is 2. The van der Waals surface area contributed by atoms with E-state index in [0.717, 1.165) is 5.69 Å². The summed E-state index contributed by atoms with van der Waals surface area (Å²) in [4.78, 5) is 9.07. The zero-order valence-electron chi connectivity index (χ0n) is 12.9. The smallest absolute Gasteiger partial charge is 0.223 e. The Hall–Kier alpha value is -1.24. The van der Waals surface area contributed by atoms with Crippen molar-refractivity contribution < 1.29 is 14.2 Å². The highest BCUT2D eigenvalue weighted by atomic mass is 16.6. The van der Waals surface area contributed by atoms with Gasteiger partial charge in [0, 0.05) is 24.9 Å². The molecule has 1 N–H and O–H groups in total. The van der Waals surface area contributed by atoms with Crippen LogP contribution in [0.15, 0.2) is 12.3 Å². The maximum Gasteiger partial charge on any atom is 0.223 e. The fourth-order valence-corrected chi connectivity index (χ4v) is 3.85. The molecule has 0 amide bonds. The van der Waals surface area contributed by atoms with Crippen molar-refractivity contribution in [3.63, 3.8) is 0 Å². The van der Waals surface area contributed by atoms with Crippen LogP contribution in [0.5, 0.6) is 0 Å². The number of aromatic nitrogens is 2. The van der Waals surface area contributed by atoms with Gasteiger partial charge in [0.2, 0.25) is 5.95 Å². The molecule has 4 atom stereocenters. The molecule has 2 saturated heterocycles. The van der Waals surface area contributed by atoms with Gasteiger partial charge >= 0.3 is 0 Å². The average Bonchev–Trinajstić information content (AvgIpc) is 3.26. The molecule has 3 fully saturated rings. The first-order valence-corrected chi connectivity index (χ1v) is 8.20. The molecule has 6 heteroatoms.